The van der Waals surface area contributed by atoms with Gasteiger partial charge >= 0.3 is 0 Å². The molecule has 0 aliphatic carbocycles. The predicted octanol–water partition coefficient (Wildman–Crippen LogP) is 2.05. The number of nitrogens with zero attached hydrogens (tertiary/aromatic N) is 2. The Labute approximate surface area is 197 Å². The van der Waals surface area contributed by atoms with Gasteiger partial charge in [0.2, 0.25) is 17.7 Å². The van der Waals surface area contributed by atoms with Crippen LogP contribution in [0.5, 0.6) is 0 Å². The first kappa shape index (κ1) is 26.3. The Balaban J connectivity index is 2.17. The zero-order chi connectivity index (χ0) is 24.8. The summed E-state index contributed by atoms with van der Waals surface area (Å²) >= 11 is 0. The lowest BCUT2D eigenvalue weighted by Crippen LogP contribution is -2.53. The quantitative estimate of drug-likeness (QED) is 0.527. The first-order valence-corrected chi connectivity index (χ1v) is 11.4. The largest absolute Gasteiger partial charge is 0.356 e. The normalized spacial score (nSPS) is 18.7. The fourth-order valence-electron chi connectivity index (χ4n) is 4.08. The molecule has 1 saturated heterocycles. The fourth-order valence-corrected chi connectivity index (χ4v) is 4.08. The van der Waals surface area contributed by atoms with Crippen LogP contribution in [0.3, 0.4) is 0 Å². The zero-order valence-electron chi connectivity index (χ0n) is 20.6. The Morgan fingerprint density at radius 3 is 2.30 bits per heavy atom. The van der Waals surface area contributed by atoms with Crippen molar-refractivity contribution in [2.24, 2.45) is 11.3 Å². The lowest BCUT2D eigenvalue weighted by atomic mass is 9.87. The van der Waals surface area contributed by atoms with Gasteiger partial charge in [-0.3, -0.25) is 19.3 Å². The maximum Gasteiger partial charge on any atom is 0.243 e. The molecule has 0 radical (unpaired) electrons. The molecule has 0 saturated carbocycles. The van der Waals surface area contributed by atoms with Crippen LogP contribution in [-0.2, 0) is 14.4 Å². The van der Waals surface area contributed by atoms with E-state index in [0.29, 0.717) is 19.4 Å². The van der Waals surface area contributed by atoms with Crippen molar-refractivity contribution in [3.05, 3.63) is 35.4 Å². The topological polar surface area (TPSA) is 114 Å². The van der Waals surface area contributed by atoms with E-state index in [1.807, 2.05) is 71.0 Å². The van der Waals surface area contributed by atoms with Crippen LogP contribution in [0.15, 0.2) is 24.3 Å². The number of benzene rings is 1. The molecule has 0 unspecified atom stereocenters. The summed E-state index contributed by atoms with van der Waals surface area (Å²) in [6, 6.07) is 7.66. The van der Waals surface area contributed by atoms with Gasteiger partial charge in [0.1, 0.15) is 18.1 Å². The summed E-state index contributed by atoms with van der Waals surface area (Å²) in [5.41, 5.74) is 1.69. The highest BCUT2D eigenvalue weighted by Crippen LogP contribution is 2.24. The zero-order valence-corrected chi connectivity index (χ0v) is 20.6. The number of aryl methyl sites for hydroxylation is 1. The van der Waals surface area contributed by atoms with Crippen LogP contribution in [-0.4, -0.2) is 55.3 Å². The smallest absolute Gasteiger partial charge is 0.243 e. The Morgan fingerprint density at radius 2 is 1.82 bits per heavy atom. The number of rotatable bonds is 9. The molecule has 1 aliphatic rings. The number of nitriles is 1. The molecule has 0 spiro atoms. The van der Waals surface area contributed by atoms with E-state index in [4.69, 9.17) is 0 Å². The van der Waals surface area contributed by atoms with E-state index in [2.05, 4.69) is 22.0 Å². The van der Waals surface area contributed by atoms with Crippen LogP contribution in [0.2, 0.25) is 0 Å². The molecule has 1 fully saturated rings. The average Bonchev–Trinajstić information content (AvgIpc) is 3.11. The van der Waals surface area contributed by atoms with Gasteiger partial charge in [-0.25, -0.2) is 0 Å². The predicted molar refractivity (Wildman–Crippen MR) is 127 cm³/mol. The molecule has 1 aliphatic heterocycles. The van der Waals surface area contributed by atoms with E-state index < -0.39 is 24.0 Å². The standard InChI is InChI=1S/C25H37N5O3/c1-16-7-9-17(10-8-16)21(30(5)6)24(33)29-20(14-25(2,3)4)23(32)28-19(15-26)13-18-11-12-27-22(18)31/h7-10,18-21H,11-14H2,1-6H3,(H,27,31)(H,28,32)(H,29,33)/t18-,19-,20-,21+/m0/s1. The highest BCUT2D eigenvalue weighted by Gasteiger charge is 2.33. The molecule has 8 nitrogen and oxygen atoms in total. The molecule has 0 bridgehead atoms. The van der Waals surface area contributed by atoms with Gasteiger partial charge in [-0.05, 0) is 51.3 Å². The van der Waals surface area contributed by atoms with E-state index in [0.717, 1.165) is 11.1 Å². The number of likely N-dealkylation sites (N-methyl/N-ethyl adjacent to an activating group) is 1. The minimum Gasteiger partial charge on any atom is -0.356 e. The minimum atomic E-state index is -0.807. The van der Waals surface area contributed by atoms with Crippen molar-refractivity contribution in [2.45, 2.75) is 65.1 Å². The first-order chi connectivity index (χ1) is 15.4. The van der Waals surface area contributed by atoms with E-state index in [1.165, 1.54) is 0 Å². The summed E-state index contributed by atoms with van der Waals surface area (Å²) in [7, 11) is 3.64. The van der Waals surface area contributed by atoms with E-state index in [1.54, 1.807) is 0 Å². The molecule has 0 aromatic heterocycles. The van der Waals surface area contributed by atoms with Crippen LogP contribution < -0.4 is 16.0 Å². The van der Waals surface area contributed by atoms with Gasteiger partial charge in [-0.1, -0.05) is 50.6 Å². The Morgan fingerprint density at radius 1 is 1.18 bits per heavy atom. The van der Waals surface area contributed by atoms with Crippen molar-refractivity contribution in [3.63, 3.8) is 0 Å². The van der Waals surface area contributed by atoms with Crippen molar-refractivity contribution in [2.75, 3.05) is 20.6 Å². The summed E-state index contributed by atoms with van der Waals surface area (Å²) < 4.78 is 0. The van der Waals surface area contributed by atoms with Crippen molar-refractivity contribution in [3.8, 4) is 6.07 Å². The van der Waals surface area contributed by atoms with Gasteiger partial charge < -0.3 is 16.0 Å². The monoisotopic (exact) mass is 455 g/mol. The summed E-state index contributed by atoms with van der Waals surface area (Å²) in [6.45, 7) is 8.55. The third kappa shape index (κ3) is 7.86. The molecule has 3 amide bonds. The van der Waals surface area contributed by atoms with E-state index in [9.17, 15) is 19.6 Å². The molecule has 1 aromatic rings. The van der Waals surface area contributed by atoms with Crippen LogP contribution >= 0.6 is 0 Å². The molecular formula is C25H37N5O3. The van der Waals surface area contributed by atoms with Crippen LogP contribution in [0.25, 0.3) is 0 Å². The van der Waals surface area contributed by atoms with Crippen LogP contribution in [0.4, 0.5) is 0 Å². The third-order valence-corrected chi connectivity index (χ3v) is 5.76. The lowest BCUT2D eigenvalue weighted by Gasteiger charge is -2.30. The second-order valence-corrected chi connectivity index (χ2v) is 10.3. The van der Waals surface area contributed by atoms with Crippen molar-refractivity contribution in [1.82, 2.24) is 20.9 Å². The highest BCUT2D eigenvalue weighted by atomic mass is 16.2. The van der Waals surface area contributed by atoms with Gasteiger partial charge in [-0.2, -0.15) is 5.26 Å². The van der Waals surface area contributed by atoms with Gasteiger partial charge in [0.15, 0.2) is 0 Å². The lowest BCUT2D eigenvalue weighted by molar-refractivity contribution is -0.132. The Bertz CT molecular complexity index is 883. The molecule has 1 heterocycles. The Kier molecular flexibility index (Phi) is 9.00. The molecular weight excluding hydrogens is 418 g/mol. The molecule has 180 valence electrons. The first-order valence-electron chi connectivity index (χ1n) is 11.4. The van der Waals surface area contributed by atoms with Crippen LogP contribution in [0.1, 0.15) is 57.2 Å². The summed E-state index contributed by atoms with van der Waals surface area (Å²) in [5, 5.41) is 18.0. The van der Waals surface area contributed by atoms with Gasteiger partial charge in [0.25, 0.3) is 0 Å². The average molecular weight is 456 g/mol. The van der Waals surface area contributed by atoms with Gasteiger partial charge in [-0.15, -0.1) is 0 Å². The third-order valence-electron chi connectivity index (χ3n) is 5.76. The molecule has 3 N–H and O–H groups in total. The molecule has 2 rings (SSSR count). The fraction of sp³-hybridized carbons (Fsp3) is 0.600. The van der Waals surface area contributed by atoms with Gasteiger partial charge in [0, 0.05) is 12.5 Å². The van der Waals surface area contributed by atoms with E-state index in [-0.39, 0.29) is 29.6 Å². The molecule has 4 atom stereocenters. The van der Waals surface area contributed by atoms with Crippen molar-refractivity contribution >= 4 is 17.7 Å². The summed E-state index contributed by atoms with van der Waals surface area (Å²) in [5.74, 6) is -1.07. The maximum absolute atomic E-state index is 13.3. The van der Waals surface area contributed by atoms with Gasteiger partial charge in [0.05, 0.1) is 6.07 Å². The highest BCUT2D eigenvalue weighted by molar-refractivity contribution is 5.90. The Hall–Kier alpha value is -2.92. The second kappa shape index (κ2) is 11.3. The number of nitrogens with one attached hydrogen (secondary N) is 3. The summed E-state index contributed by atoms with van der Waals surface area (Å²) in [6.07, 6.45) is 1.31. The number of carbonyl (C=O) groups excluding carboxylic acids is 3. The number of hydrogen-bond acceptors (Lipinski definition) is 5. The maximum atomic E-state index is 13.3. The van der Waals surface area contributed by atoms with Crippen molar-refractivity contribution in [1.29, 1.82) is 5.26 Å². The van der Waals surface area contributed by atoms with Crippen LogP contribution in [0, 0.1) is 29.6 Å². The molecule has 1 aromatic carbocycles. The van der Waals surface area contributed by atoms with Crippen molar-refractivity contribution < 1.29 is 14.4 Å². The van der Waals surface area contributed by atoms with E-state index >= 15 is 0 Å². The summed E-state index contributed by atoms with van der Waals surface area (Å²) in [4.78, 5) is 40.1. The second-order valence-electron chi connectivity index (χ2n) is 10.3. The number of hydrogen-bond donors (Lipinski definition) is 3. The SMILES string of the molecule is Cc1ccc([C@H](C(=O)N[C@@H](CC(C)(C)C)C(=O)N[C@H](C#N)C[C@@H]2CCNC2=O)N(C)C)cc1. The number of carbonyl (C=O) groups is 3. The minimum absolute atomic E-state index is 0.0871. The number of amides is 3. The molecule has 8 heteroatoms. The molecule has 33 heavy (non-hydrogen) atoms.